The van der Waals surface area contributed by atoms with E-state index in [9.17, 15) is 9.59 Å². The maximum atomic E-state index is 13.4. The lowest BCUT2D eigenvalue weighted by atomic mass is 9.66. The van der Waals surface area contributed by atoms with Crippen LogP contribution >= 0.6 is 0 Å². The van der Waals surface area contributed by atoms with Crippen molar-refractivity contribution in [1.29, 1.82) is 0 Å². The standard InChI is InChI=1S/C32H35NO10/c1-17(34)41-29-20-14-23-22(39-16-40-23)13-19(20)27(28-21(29)15-38-31(28)35)18-11-24(36-2)30-25(12-18)42-26-5-3-4-6-32(26,43-30)33-7-9-37-10-8-33/h11-14,21,26-29H,3-10,15-16H2,1-2H3/t21-,26?,27-,28-,29+,32?/m1/s1. The zero-order chi connectivity index (χ0) is 29.3. The highest BCUT2D eigenvalue weighted by Crippen LogP contribution is 2.58. The molecule has 1 saturated carbocycles. The number of esters is 2. The summed E-state index contributed by atoms with van der Waals surface area (Å²) in [5.74, 6) is 0.705. The van der Waals surface area contributed by atoms with Gasteiger partial charge in [-0.15, -0.1) is 0 Å². The predicted molar refractivity (Wildman–Crippen MR) is 148 cm³/mol. The molecular formula is C32H35NO10. The second-order valence-electron chi connectivity index (χ2n) is 12.1. The summed E-state index contributed by atoms with van der Waals surface area (Å²) >= 11 is 0. The Balaban J connectivity index is 1.26. The molecule has 4 heterocycles. The number of carbonyl (C=O) groups is 2. The number of benzene rings is 2. The monoisotopic (exact) mass is 593 g/mol. The van der Waals surface area contributed by atoms with Gasteiger partial charge in [-0.1, -0.05) is 0 Å². The van der Waals surface area contributed by atoms with Gasteiger partial charge in [-0.2, -0.15) is 0 Å². The van der Waals surface area contributed by atoms with Crippen molar-refractivity contribution in [2.24, 2.45) is 11.8 Å². The normalized spacial score (nSPS) is 32.2. The predicted octanol–water partition coefficient (Wildman–Crippen LogP) is 3.71. The van der Waals surface area contributed by atoms with Crippen molar-refractivity contribution >= 4 is 11.9 Å². The van der Waals surface area contributed by atoms with E-state index in [1.54, 1.807) is 7.11 Å². The number of carbonyl (C=O) groups excluding carboxylic acids is 2. The van der Waals surface area contributed by atoms with Crippen molar-refractivity contribution in [2.75, 3.05) is 46.8 Å². The average molecular weight is 594 g/mol. The number of methoxy groups -OCH3 is 1. The summed E-state index contributed by atoms with van der Waals surface area (Å²) in [6, 6.07) is 7.68. The number of morpholine rings is 1. The molecule has 11 heteroatoms. The second-order valence-corrected chi connectivity index (χ2v) is 12.1. The van der Waals surface area contributed by atoms with E-state index < -0.39 is 29.6 Å². The van der Waals surface area contributed by atoms with E-state index in [1.165, 1.54) is 6.92 Å². The highest BCUT2D eigenvalue weighted by atomic mass is 16.7. The first-order valence-corrected chi connectivity index (χ1v) is 15.1. The van der Waals surface area contributed by atoms with Crippen LogP contribution < -0.4 is 23.7 Å². The van der Waals surface area contributed by atoms with E-state index >= 15 is 0 Å². The summed E-state index contributed by atoms with van der Waals surface area (Å²) in [6.45, 7) is 4.50. The largest absolute Gasteiger partial charge is 0.493 e. The summed E-state index contributed by atoms with van der Waals surface area (Å²) in [5.41, 5.74) is 1.83. The Hall–Kier alpha value is -3.70. The van der Waals surface area contributed by atoms with Crippen LogP contribution in [-0.2, 0) is 23.8 Å². The van der Waals surface area contributed by atoms with E-state index in [0.717, 1.165) is 55.5 Å². The molecule has 2 saturated heterocycles. The Morgan fingerprint density at radius 3 is 2.56 bits per heavy atom. The van der Waals surface area contributed by atoms with Gasteiger partial charge in [0.05, 0.1) is 32.8 Å². The van der Waals surface area contributed by atoms with Gasteiger partial charge in [0.2, 0.25) is 18.3 Å². The summed E-state index contributed by atoms with van der Waals surface area (Å²) in [7, 11) is 1.62. The van der Waals surface area contributed by atoms with Gasteiger partial charge in [0.15, 0.2) is 29.1 Å². The van der Waals surface area contributed by atoms with Crippen molar-refractivity contribution in [1.82, 2.24) is 4.90 Å². The maximum absolute atomic E-state index is 13.4. The number of rotatable bonds is 4. The third kappa shape index (κ3) is 4.15. The fourth-order valence-electron chi connectivity index (χ4n) is 8.02. The molecule has 0 aromatic heterocycles. The van der Waals surface area contributed by atoms with E-state index in [4.69, 9.17) is 37.9 Å². The van der Waals surface area contributed by atoms with Gasteiger partial charge in [0, 0.05) is 43.8 Å². The quantitative estimate of drug-likeness (QED) is 0.484. The number of fused-ring (bicyclic) bond motifs is 5. The highest BCUT2D eigenvalue weighted by Gasteiger charge is 2.56. The molecule has 2 aromatic carbocycles. The molecule has 11 nitrogen and oxygen atoms in total. The summed E-state index contributed by atoms with van der Waals surface area (Å²) < 4.78 is 48.3. The molecule has 0 spiro atoms. The zero-order valence-corrected chi connectivity index (χ0v) is 24.3. The number of nitrogens with zero attached hydrogens (tertiary/aromatic N) is 1. The summed E-state index contributed by atoms with van der Waals surface area (Å²) in [6.07, 6.45) is 3.03. The molecule has 2 aliphatic carbocycles. The van der Waals surface area contributed by atoms with Crippen LogP contribution in [0.15, 0.2) is 24.3 Å². The third-order valence-corrected chi connectivity index (χ3v) is 9.88. The van der Waals surface area contributed by atoms with E-state index in [1.807, 2.05) is 24.3 Å². The minimum Gasteiger partial charge on any atom is -0.493 e. The molecule has 6 atom stereocenters. The van der Waals surface area contributed by atoms with Crippen LogP contribution in [-0.4, -0.2) is 75.5 Å². The van der Waals surface area contributed by atoms with Gasteiger partial charge in [-0.25, -0.2) is 0 Å². The fraction of sp³-hybridized carbons (Fsp3) is 0.562. The van der Waals surface area contributed by atoms with Crippen molar-refractivity contribution in [3.05, 3.63) is 41.0 Å². The SMILES string of the molecule is COc1cc([C@@H]2c3cc4c(cc3[C@H](OC(C)=O)[C@@H]3COC(=O)[C@@H]23)OCO4)cc2c1OC1(N3CCOCC3)CCCCC1O2. The fourth-order valence-corrected chi connectivity index (χ4v) is 8.02. The van der Waals surface area contributed by atoms with Crippen LogP contribution in [0.4, 0.5) is 0 Å². The van der Waals surface area contributed by atoms with Crippen LogP contribution in [0, 0.1) is 11.8 Å². The molecular weight excluding hydrogens is 558 g/mol. The second kappa shape index (κ2) is 10.2. The summed E-state index contributed by atoms with van der Waals surface area (Å²) in [4.78, 5) is 28.0. The first-order valence-electron chi connectivity index (χ1n) is 15.1. The molecule has 0 bridgehead atoms. The van der Waals surface area contributed by atoms with Crippen molar-refractivity contribution < 1.29 is 47.5 Å². The first-order chi connectivity index (χ1) is 21.0. The Bertz CT molecular complexity index is 1470. The van der Waals surface area contributed by atoms with Gasteiger partial charge >= 0.3 is 11.9 Å². The lowest BCUT2D eigenvalue weighted by Crippen LogP contribution is -2.67. The maximum Gasteiger partial charge on any atom is 0.310 e. The first kappa shape index (κ1) is 26.9. The molecule has 43 heavy (non-hydrogen) atoms. The van der Waals surface area contributed by atoms with Crippen molar-refractivity contribution in [3.8, 4) is 28.7 Å². The molecule has 2 aromatic rings. The topological polar surface area (TPSA) is 111 Å². The number of ether oxygens (including phenoxy) is 8. The minimum absolute atomic E-state index is 0.0974. The van der Waals surface area contributed by atoms with Gasteiger partial charge in [-0.3, -0.25) is 14.5 Å². The minimum atomic E-state index is -0.662. The van der Waals surface area contributed by atoms with Crippen molar-refractivity contribution in [2.45, 2.75) is 56.5 Å². The highest BCUT2D eigenvalue weighted by molar-refractivity contribution is 5.79. The molecule has 8 rings (SSSR count). The van der Waals surface area contributed by atoms with Gasteiger partial charge < -0.3 is 37.9 Å². The van der Waals surface area contributed by atoms with Crippen LogP contribution in [0.25, 0.3) is 0 Å². The zero-order valence-electron chi connectivity index (χ0n) is 24.3. The summed E-state index contributed by atoms with van der Waals surface area (Å²) in [5, 5.41) is 0. The average Bonchev–Trinajstić information content (AvgIpc) is 3.65. The Labute approximate surface area is 249 Å². The molecule has 0 amide bonds. The van der Waals surface area contributed by atoms with Crippen molar-refractivity contribution in [3.63, 3.8) is 0 Å². The van der Waals surface area contributed by atoms with Gasteiger partial charge in [-0.05, 0) is 54.7 Å². The number of hydrogen-bond acceptors (Lipinski definition) is 11. The Morgan fingerprint density at radius 1 is 1.00 bits per heavy atom. The third-order valence-electron chi connectivity index (χ3n) is 9.88. The molecule has 0 N–H and O–H groups in total. The van der Waals surface area contributed by atoms with E-state index in [-0.39, 0.29) is 31.4 Å². The number of hydrogen-bond donors (Lipinski definition) is 0. The van der Waals surface area contributed by atoms with Gasteiger partial charge in [0.25, 0.3) is 0 Å². The van der Waals surface area contributed by atoms with Crippen LogP contribution in [0.3, 0.4) is 0 Å². The van der Waals surface area contributed by atoms with Crippen LogP contribution in [0.1, 0.15) is 61.3 Å². The Morgan fingerprint density at radius 2 is 1.79 bits per heavy atom. The molecule has 3 fully saturated rings. The molecule has 2 unspecified atom stereocenters. The van der Waals surface area contributed by atoms with E-state index in [2.05, 4.69) is 4.90 Å². The smallest absolute Gasteiger partial charge is 0.310 e. The lowest BCUT2D eigenvalue weighted by molar-refractivity contribution is -0.203. The number of cyclic esters (lactones) is 1. The van der Waals surface area contributed by atoms with E-state index in [0.29, 0.717) is 42.0 Å². The lowest BCUT2D eigenvalue weighted by Gasteiger charge is -2.53. The Kier molecular flexibility index (Phi) is 6.38. The molecule has 228 valence electrons. The van der Waals surface area contributed by atoms with Crippen LogP contribution in [0.5, 0.6) is 28.7 Å². The molecule has 0 radical (unpaired) electrons. The molecule has 4 aliphatic heterocycles. The van der Waals surface area contributed by atoms with Crippen LogP contribution in [0.2, 0.25) is 0 Å². The molecule has 6 aliphatic rings. The van der Waals surface area contributed by atoms with Gasteiger partial charge in [0.1, 0.15) is 6.10 Å².